The first-order valence-electron chi connectivity index (χ1n) is 4.17. The van der Waals surface area contributed by atoms with Crippen LogP contribution >= 0.6 is 27.7 Å². The number of hydrogen-bond donors (Lipinski definition) is 0. The molecule has 0 unspecified atom stereocenters. The monoisotopic (exact) mass is 318 g/mol. The number of rotatable bonds is 4. The first kappa shape index (κ1) is 13.6. The summed E-state index contributed by atoms with van der Waals surface area (Å²) < 4.78 is 53.4. The molecule has 0 aromatic heterocycles. The van der Waals surface area contributed by atoms with Crippen LogP contribution in [-0.4, -0.2) is 17.9 Å². The van der Waals surface area contributed by atoms with E-state index in [-0.39, 0.29) is 24.1 Å². The quantitative estimate of drug-likeness (QED) is 0.607. The van der Waals surface area contributed by atoms with Crippen molar-refractivity contribution in [2.24, 2.45) is 0 Å². The number of alkyl halides is 3. The van der Waals surface area contributed by atoms with Crippen LogP contribution in [0.2, 0.25) is 0 Å². The van der Waals surface area contributed by atoms with Crippen LogP contribution in [0, 0.1) is 5.82 Å². The number of thioether (sulfide) groups is 1. The largest absolute Gasteiger partial charge is 0.492 e. The summed E-state index contributed by atoms with van der Waals surface area (Å²) >= 11 is 2.89. The zero-order valence-electron chi connectivity index (χ0n) is 7.85. The minimum absolute atomic E-state index is 0.0889. The van der Waals surface area contributed by atoms with Gasteiger partial charge in [0.15, 0.2) is 0 Å². The van der Waals surface area contributed by atoms with Crippen LogP contribution in [0.25, 0.3) is 0 Å². The third-order valence-corrected chi connectivity index (χ3v) is 2.82. The lowest BCUT2D eigenvalue weighted by Crippen LogP contribution is -2.07. The maximum atomic E-state index is 12.7. The van der Waals surface area contributed by atoms with Crippen molar-refractivity contribution in [3.63, 3.8) is 0 Å². The molecule has 0 heterocycles. The molecule has 0 aliphatic heterocycles. The fourth-order valence-electron chi connectivity index (χ4n) is 0.901. The third kappa shape index (κ3) is 5.07. The van der Waals surface area contributed by atoms with Crippen molar-refractivity contribution >= 4 is 27.7 Å². The van der Waals surface area contributed by atoms with Gasteiger partial charge in [0.1, 0.15) is 11.6 Å². The van der Waals surface area contributed by atoms with Gasteiger partial charge < -0.3 is 4.74 Å². The minimum Gasteiger partial charge on any atom is -0.492 e. The molecule has 0 saturated heterocycles. The van der Waals surface area contributed by atoms with E-state index in [1.165, 1.54) is 18.2 Å². The molecule has 1 aromatic carbocycles. The Labute approximate surface area is 102 Å². The SMILES string of the molecule is Fc1ccc(OCCSC(F)(F)F)c(Br)c1. The van der Waals surface area contributed by atoms with Gasteiger partial charge in [0.05, 0.1) is 11.1 Å². The van der Waals surface area contributed by atoms with Crippen LogP contribution in [0.1, 0.15) is 0 Å². The highest BCUT2D eigenvalue weighted by Crippen LogP contribution is 2.30. The van der Waals surface area contributed by atoms with Gasteiger partial charge in [-0.25, -0.2) is 4.39 Å². The Morgan fingerprint density at radius 1 is 1.31 bits per heavy atom. The minimum atomic E-state index is -4.25. The van der Waals surface area contributed by atoms with Crippen molar-refractivity contribution in [1.82, 2.24) is 0 Å². The van der Waals surface area contributed by atoms with E-state index in [9.17, 15) is 17.6 Å². The average molecular weight is 319 g/mol. The molecule has 0 amide bonds. The Bertz CT molecular complexity index is 356. The lowest BCUT2D eigenvalue weighted by atomic mass is 10.3. The van der Waals surface area contributed by atoms with Gasteiger partial charge in [-0.05, 0) is 45.9 Å². The van der Waals surface area contributed by atoms with Gasteiger partial charge in [-0.2, -0.15) is 13.2 Å². The normalized spacial score (nSPS) is 11.6. The molecule has 90 valence electrons. The number of ether oxygens (including phenoxy) is 1. The second-order valence-electron chi connectivity index (χ2n) is 2.72. The summed E-state index contributed by atoms with van der Waals surface area (Å²) in [7, 11) is 0. The highest BCUT2D eigenvalue weighted by atomic mass is 79.9. The zero-order chi connectivity index (χ0) is 12.2. The van der Waals surface area contributed by atoms with Gasteiger partial charge in [0.2, 0.25) is 0 Å². The van der Waals surface area contributed by atoms with Gasteiger partial charge >= 0.3 is 5.51 Å². The number of hydrogen-bond acceptors (Lipinski definition) is 2. The molecule has 0 fully saturated rings. The Morgan fingerprint density at radius 2 is 2.00 bits per heavy atom. The molecule has 1 rings (SSSR count). The van der Waals surface area contributed by atoms with E-state index in [0.717, 1.165) is 0 Å². The van der Waals surface area contributed by atoms with Gasteiger partial charge in [-0.1, -0.05) is 0 Å². The van der Waals surface area contributed by atoms with Gasteiger partial charge in [0, 0.05) is 5.75 Å². The average Bonchev–Trinajstić information content (AvgIpc) is 2.13. The van der Waals surface area contributed by atoms with Crippen LogP contribution in [0.3, 0.4) is 0 Å². The molecule has 0 aliphatic rings. The summed E-state index contributed by atoms with van der Waals surface area (Å²) in [5.41, 5.74) is -4.25. The molecule has 1 nitrogen and oxygen atoms in total. The van der Waals surface area contributed by atoms with Crippen molar-refractivity contribution in [2.75, 3.05) is 12.4 Å². The highest BCUT2D eigenvalue weighted by molar-refractivity contribution is 9.10. The van der Waals surface area contributed by atoms with E-state index in [1.807, 2.05) is 0 Å². The topological polar surface area (TPSA) is 9.23 Å². The first-order valence-corrected chi connectivity index (χ1v) is 5.95. The van der Waals surface area contributed by atoms with Crippen molar-refractivity contribution in [1.29, 1.82) is 0 Å². The third-order valence-electron chi connectivity index (χ3n) is 1.50. The molecule has 0 aliphatic carbocycles. The molecule has 0 bridgehead atoms. The fraction of sp³-hybridized carbons (Fsp3) is 0.333. The van der Waals surface area contributed by atoms with Gasteiger partial charge in [-0.15, -0.1) is 0 Å². The Hall–Kier alpha value is -0.430. The molecule has 0 spiro atoms. The van der Waals surface area contributed by atoms with Gasteiger partial charge in [-0.3, -0.25) is 0 Å². The van der Waals surface area contributed by atoms with Crippen LogP contribution in [0.15, 0.2) is 22.7 Å². The van der Waals surface area contributed by atoms with Crippen LogP contribution < -0.4 is 4.74 Å². The summed E-state index contributed by atoms with van der Waals surface area (Å²) in [6.07, 6.45) is 0. The Morgan fingerprint density at radius 3 is 2.56 bits per heavy atom. The van der Waals surface area contributed by atoms with E-state index in [1.54, 1.807) is 0 Å². The summed E-state index contributed by atoms with van der Waals surface area (Å²) in [5.74, 6) is -0.319. The van der Waals surface area contributed by atoms with Crippen LogP contribution in [-0.2, 0) is 0 Å². The van der Waals surface area contributed by atoms with Crippen molar-refractivity contribution in [2.45, 2.75) is 5.51 Å². The van der Waals surface area contributed by atoms with Crippen molar-refractivity contribution in [3.8, 4) is 5.75 Å². The molecule has 16 heavy (non-hydrogen) atoms. The highest BCUT2D eigenvalue weighted by Gasteiger charge is 2.27. The van der Waals surface area contributed by atoms with E-state index >= 15 is 0 Å². The number of benzene rings is 1. The maximum Gasteiger partial charge on any atom is 0.441 e. The second kappa shape index (κ2) is 5.77. The fourth-order valence-corrected chi connectivity index (χ4v) is 1.76. The lowest BCUT2D eigenvalue weighted by Gasteiger charge is -2.09. The predicted molar refractivity (Wildman–Crippen MR) is 58.1 cm³/mol. The summed E-state index contributed by atoms with van der Waals surface area (Å²) in [6.45, 7) is -0.0889. The van der Waals surface area contributed by atoms with Gasteiger partial charge in [0.25, 0.3) is 0 Å². The maximum absolute atomic E-state index is 12.7. The summed E-state index contributed by atoms with van der Waals surface area (Å²) in [4.78, 5) is 0. The molecular weight excluding hydrogens is 312 g/mol. The molecule has 0 radical (unpaired) electrons. The van der Waals surface area contributed by atoms with Crippen molar-refractivity contribution < 1.29 is 22.3 Å². The summed E-state index contributed by atoms with van der Waals surface area (Å²) in [6, 6.07) is 3.72. The Balaban J connectivity index is 2.38. The smallest absolute Gasteiger partial charge is 0.441 e. The first-order chi connectivity index (χ1) is 7.38. The van der Waals surface area contributed by atoms with Crippen molar-refractivity contribution in [3.05, 3.63) is 28.5 Å². The van der Waals surface area contributed by atoms with Crippen LogP contribution in [0.5, 0.6) is 5.75 Å². The van der Waals surface area contributed by atoms with Crippen LogP contribution in [0.4, 0.5) is 17.6 Å². The molecular formula is C9H7BrF4OS. The van der Waals surface area contributed by atoms with E-state index in [2.05, 4.69) is 15.9 Å². The molecule has 7 heteroatoms. The zero-order valence-corrected chi connectivity index (χ0v) is 10.3. The van der Waals surface area contributed by atoms with E-state index in [0.29, 0.717) is 10.2 Å². The molecule has 0 N–H and O–H groups in total. The lowest BCUT2D eigenvalue weighted by molar-refractivity contribution is -0.0329. The second-order valence-corrected chi connectivity index (χ2v) is 4.73. The molecule has 1 aromatic rings. The molecule has 0 saturated carbocycles. The van der Waals surface area contributed by atoms with E-state index in [4.69, 9.17) is 4.74 Å². The molecule has 0 atom stereocenters. The summed E-state index contributed by atoms with van der Waals surface area (Å²) in [5, 5.41) is 0. The standard InChI is InChI=1S/C9H7BrF4OS/c10-7-5-6(11)1-2-8(7)15-3-4-16-9(12,13)14/h1-2,5H,3-4H2. The van der Waals surface area contributed by atoms with E-state index < -0.39 is 11.3 Å². The number of halogens is 5. The predicted octanol–water partition coefficient (Wildman–Crippen LogP) is 4.22. The Kier molecular flexibility index (Phi) is 4.91.